The SMILES string of the molecule is [2H]c1[nH]c2c([2H])c([2H])c([2H])c([2H])c2c1[C@H]1CCN(C)C1. The summed E-state index contributed by atoms with van der Waals surface area (Å²) >= 11 is 0. The average molecular weight is 205 g/mol. The molecule has 2 aromatic rings. The van der Waals surface area contributed by atoms with Crippen LogP contribution < -0.4 is 0 Å². The van der Waals surface area contributed by atoms with Crippen LogP contribution in [0.4, 0.5) is 0 Å². The number of nitrogens with zero attached hydrogens (tertiary/aromatic N) is 1. The number of fused-ring (bicyclic) bond motifs is 1. The highest BCUT2D eigenvalue weighted by molar-refractivity contribution is 5.83. The van der Waals surface area contributed by atoms with Crippen molar-refractivity contribution in [1.29, 1.82) is 0 Å². The molecule has 0 aliphatic carbocycles. The number of para-hydroxylation sites is 1. The van der Waals surface area contributed by atoms with Gasteiger partial charge in [0, 0.05) is 23.6 Å². The molecule has 0 unspecified atom stereocenters. The van der Waals surface area contributed by atoms with E-state index in [1.54, 1.807) is 0 Å². The maximum absolute atomic E-state index is 8.10. The zero-order valence-corrected chi connectivity index (χ0v) is 8.65. The van der Waals surface area contributed by atoms with Gasteiger partial charge in [-0.3, -0.25) is 0 Å². The first-order valence-electron chi connectivity index (χ1n) is 7.68. The zero-order valence-electron chi connectivity index (χ0n) is 13.6. The molecule has 1 fully saturated rings. The number of H-pyrrole nitrogens is 1. The van der Waals surface area contributed by atoms with E-state index in [0.717, 1.165) is 25.1 Å². The molecule has 0 amide bonds. The Morgan fingerprint density at radius 3 is 3.13 bits per heavy atom. The van der Waals surface area contributed by atoms with Crippen molar-refractivity contribution in [2.45, 2.75) is 12.3 Å². The molecule has 1 aromatic carbocycles. The van der Waals surface area contributed by atoms with Crippen LogP contribution in [0.15, 0.2) is 30.3 Å². The zero-order chi connectivity index (χ0) is 14.6. The van der Waals surface area contributed by atoms with Crippen LogP contribution in [0, 0.1) is 0 Å². The second kappa shape index (κ2) is 3.38. The third-order valence-electron chi connectivity index (χ3n) is 3.08. The molecule has 2 nitrogen and oxygen atoms in total. The number of likely N-dealkylation sites (tertiary alicyclic amines) is 1. The van der Waals surface area contributed by atoms with Crippen LogP contribution in [0.5, 0.6) is 0 Å². The molecule has 2 heterocycles. The first kappa shape index (κ1) is 5.17. The molecule has 1 N–H and O–H groups in total. The Labute approximate surface area is 96.9 Å². The van der Waals surface area contributed by atoms with E-state index in [0.29, 0.717) is 10.9 Å². The van der Waals surface area contributed by atoms with Crippen molar-refractivity contribution in [2.75, 3.05) is 20.1 Å². The number of aromatic amines is 1. The van der Waals surface area contributed by atoms with Crippen molar-refractivity contribution in [3.63, 3.8) is 0 Å². The van der Waals surface area contributed by atoms with Crippen LogP contribution in [-0.4, -0.2) is 30.0 Å². The second-order valence-corrected chi connectivity index (χ2v) is 4.16. The fourth-order valence-electron chi connectivity index (χ4n) is 2.28. The van der Waals surface area contributed by atoms with Gasteiger partial charge >= 0.3 is 0 Å². The number of hydrogen-bond acceptors (Lipinski definition) is 1. The van der Waals surface area contributed by atoms with Gasteiger partial charge in [0.25, 0.3) is 0 Å². The smallest absolute Gasteiger partial charge is 0.0819 e. The number of nitrogens with one attached hydrogen (secondary N) is 1. The van der Waals surface area contributed by atoms with E-state index in [4.69, 9.17) is 6.85 Å². The third-order valence-corrected chi connectivity index (χ3v) is 3.08. The van der Waals surface area contributed by atoms with Crippen LogP contribution in [-0.2, 0) is 0 Å². The van der Waals surface area contributed by atoms with Crippen molar-refractivity contribution in [1.82, 2.24) is 9.88 Å². The summed E-state index contributed by atoms with van der Waals surface area (Å²) in [6, 6.07) is -0.611. The summed E-state index contributed by atoms with van der Waals surface area (Å²) in [6.07, 6.45) is 1.13. The topological polar surface area (TPSA) is 19.0 Å². The standard InChI is InChI=1S/C13H16N2/c1-15-7-6-10(9-15)12-8-14-13-5-3-2-4-11(12)13/h2-5,8,10,14H,6-7,9H2,1H3/t10-/m0/s1/i2D,3D,4D,5D,8D. The number of likely N-dealkylation sites (N-methyl/N-ethyl adjacent to an activating group) is 1. The molecular weight excluding hydrogens is 184 g/mol. The quantitative estimate of drug-likeness (QED) is 0.758. The lowest BCUT2D eigenvalue weighted by Gasteiger charge is -2.09. The van der Waals surface area contributed by atoms with Crippen LogP contribution in [0.1, 0.15) is 24.8 Å². The number of benzene rings is 1. The highest BCUT2D eigenvalue weighted by Gasteiger charge is 2.23. The van der Waals surface area contributed by atoms with E-state index < -0.39 is 0 Å². The monoisotopic (exact) mass is 205 g/mol. The Bertz CT molecular complexity index is 694. The predicted octanol–water partition coefficient (Wildman–Crippen LogP) is 2.59. The van der Waals surface area contributed by atoms with E-state index in [-0.39, 0.29) is 36.3 Å². The minimum atomic E-state index is -0.251. The molecule has 0 saturated carbocycles. The molecular formula is C13H16N2. The molecule has 0 radical (unpaired) electrons. The Morgan fingerprint density at radius 2 is 2.33 bits per heavy atom. The van der Waals surface area contributed by atoms with Crippen LogP contribution in [0.2, 0.25) is 0 Å². The highest BCUT2D eigenvalue weighted by Crippen LogP contribution is 2.31. The van der Waals surface area contributed by atoms with Crippen molar-refractivity contribution in [3.8, 4) is 0 Å². The lowest BCUT2D eigenvalue weighted by atomic mass is 9.98. The maximum Gasteiger partial charge on any atom is 0.0819 e. The first-order valence-corrected chi connectivity index (χ1v) is 5.18. The highest BCUT2D eigenvalue weighted by atomic mass is 15.1. The van der Waals surface area contributed by atoms with Crippen LogP contribution >= 0.6 is 0 Å². The Morgan fingerprint density at radius 1 is 1.47 bits per heavy atom. The molecule has 1 aliphatic heterocycles. The Balaban J connectivity index is 2.30. The summed E-state index contributed by atoms with van der Waals surface area (Å²) in [4.78, 5) is 5.01. The van der Waals surface area contributed by atoms with E-state index in [1.165, 1.54) is 0 Å². The summed E-state index contributed by atoms with van der Waals surface area (Å²) < 4.78 is 39.6. The van der Waals surface area contributed by atoms with E-state index in [1.807, 2.05) is 7.05 Å². The van der Waals surface area contributed by atoms with Gasteiger partial charge in [0.2, 0.25) is 0 Å². The maximum atomic E-state index is 8.10. The van der Waals surface area contributed by atoms with Gasteiger partial charge in [0.05, 0.1) is 6.85 Å². The Kier molecular flexibility index (Phi) is 1.17. The summed E-state index contributed by atoms with van der Waals surface area (Å²) in [7, 11) is 2.02. The summed E-state index contributed by atoms with van der Waals surface area (Å²) in [6.45, 7) is 1.77. The van der Waals surface area contributed by atoms with Crippen molar-refractivity contribution >= 4 is 10.9 Å². The van der Waals surface area contributed by atoms with Gasteiger partial charge in [-0.05, 0) is 37.5 Å². The molecule has 3 rings (SSSR count). The van der Waals surface area contributed by atoms with Gasteiger partial charge in [-0.2, -0.15) is 0 Å². The number of aromatic nitrogens is 1. The summed E-state index contributed by atoms with van der Waals surface area (Å²) in [5.74, 6) is 0.153. The number of rotatable bonds is 1. The minimum Gasteiger partial charge on any atom is -0.361 e. The van der Waals surface area contributed by atoms with Gasteiger partial charge in [-0.1, -0.05) is 18.1 Å². The van der Waals surface area contributed by atoms with E-state index >= 15 is 0 Å². The lowest BCUT2D eigenvalue weighted by molar-refractivity contribution is 0.412. The summed E-state index contributed by atoms with van der Waals surface area (Å²) in [5.41, 5.74) is 1.09. The van der Waals surface area contributed by atoms with Gasteiger partial charge in [-0.25, -0.2) is 0 Å². The molecule has 15 heavy (non-hydrogen) atoms. The lowest BCUT2D eigenvalue weighted by Crippen LogP contribution is -2.13. The van der Waals surface area contributed by atoms with Gasteiger partial charge < -0.3 is 9.88 Å². The molecule has 78 valence electrons. The average Bonchev–Trinajstić information content (AvgIpc) is 2.97. The van der Waals surface area contributed by atoms with E-state index in [2.05, 4.69) is 9.88 Å². The van der Waals surface area contributed by atoms with E-state index in [9.17, 15) is 0 Å². The fourth-order valence-corrected chi connectivity index (χ4v) is 2.28. The minimum absolute atomic E-state index is 0.0414. The van der Waals surface area contributed by atoms with Crippen LogP contribution in [0.3, 0.4) is 0 Å². The van der Waals surface area contributed by atoms with Crippen molar-refractivity contribution < 1.29 is 6.85 Å². The van der Waals surface area contributed by atoms with Gasteiger partial charge in [-0.15, -0.1) is 0 Å². The molecule has 0 spiro atoms. The fraction of sp³-hybridized carbons (Fsp3) is 0.385. The third kappa shape index (κ3) is 1.45. The van der Waals surface area contributed by atoms with Crippen molar-refractivity contribution in [2.24, 2.45) is 0 Å². The first-order chi connectivity index (χ1) is 9.41. The van der Waals surface area contributed by atoms with Crippen LogP contribution in [0.25, 0.3) is 10.9 Å². The largest absolute Gasteiger partial charge is 0.361 e. The molecule has 0 bridgehead atoms. The summed E-state index contributed by atoms with van der Waals surface area (Å²) in [5, 5.41) is 0.487. The Hall–Kier alpha value is -1.28. The number of hydrogen-bond donors (Lipinski definition) is 1. The van der Waals surface area contributed by atoms with Crippen molar-refractivity contribution in [3.05, 3.63) is 35.9 Å². The molecule has 1 aliphatic rings. The molecule has 2 heteroatoms. The molecule has 1 aromatic heterocycles. The van der Waals surface area contributed by atoms with Gasteiger partial charge in [0.15, 0.2) is 0 Å². The molecule has 1 saturated heterocycles. The molecule has 1 atom stereocenters. The second-order valence-electron chi connectivity index (χ2n) is 4.16. The predicted molar refractivity (Wildman–Crippen MR) is 63.2 cm³/mol. The normalized spacial score (nSPS) is 27.3. The van der Waals surface area contributed by atoms with Gasteiger partial charge in [0.1, 0.15) is 0 Å².